The summed E-state index contributed by atoms with van der Waals surface area (Å²) in [5.74, 6) is -0.887. The summed E-state index contributed by atoms with van der Waals surface area (Å²) >= 11 is 0. The molecular weight excluding hydrogens is 653 g/mol. The third-order valence-corrected chi connectivity index (χ3v) is 8.92. The maximum atomic E-state index is 12.5. The Labute approximate surface area is 305 Å². The number of nitrogens with two attached hydrogens (primary N) is 1. The van der Waals surface area contributed by atoms with E-state index in [0.717, 1.165) is 70.6 Å². The maximum absolute atomic E-state index is 12.5. The molecular formula is C40H72NO8P. The molecule has 0 fully saturated rings. The molecule has 0 heterocycles. The van der Waals surface area contributed by atoms with Crippen LogP contribution in [0, 0.1) is 0 Å². The number of rotatable bonds is 36. The molecule has 50 heavy (non-hydrogen) atoms. The minimum absolute atomic E-state index is 0.0452. The Morgan fingerprint density at radius 3 is 1.62 bits per heavy atom. The van der Waals surface area contributed by atoms with Gasteiger partial charge in [0.2, 0.25) is 0 Å². The Hall–Kier alpha value is -2.03. The zero-order chi connectivity index (χ0) is 36.8. The normalized spacial score (nSPS) is 13.9. The zero-order valence-corrected chi connectivity index (χ0v) is 32.5. The van der Waals surface area contributed by atoms with Crippen molar-refractivity contribution in [1.29, 1.82) is 0 Å². The van der Waals surface area contributed by atoms with Gasteiger partial charge in [0.25, 0.3) is 0 Å². The van der Waals surface area contributed by atoms with Crippen molar-refractivity contribution < 1.29 is 37.6 Å². The summed E-state index contributed by atoms with van der Waals surface area (Å²) in [6, 6.07) is 0. The van der Waals surface area contributed by atoms with Crippen LogP contribution in [0.3, 0.4) is 0 Å². The maximum Gasteiger partial charge on any atom is 0.472 e. The van der Waals surface area contributed by atoms with E-state index in [9.17, 15) is 19.0 Å². The van der Waals surface area contributed by atoms with E-state index in [1.165, 1.54) is 51.4 Å². The first kappa shape index (κ1) is 48.0. The van der Waals surface area contributed by atoms with Crippen molar-refractivity contribution in [3.63, 3.8) is 0 Å². The van der Waals surface area contributed by atoms with E-state index in [0.29, 0.717) is 12.8 Å². The summed E-state index contributed by atoms with van der Waals surface area (Å²) < 4.78 is 32.6. The third-order valence-electron chi connectivity index (χ3n) is 7.94. The van der Waals surface area contributed by atoms with Gasteiger partial charge in [-0.25, -0.2) is 4.57 Å². The van der Waals surface area contributed by atoms with Crippen LogP contribution in [-0.4, -0.2) is 49.3 Å². The lowest BCUT2D eigenvalue weighted by Gasteiger charge is -2.19. The lowest BCUT2D eigenvalue weighted by atomic mass is 10.1. The van der Waals surface area contributed by atoms with Gasteiger partial charge in [-0.2, -0.15) is 0 Å². The van der Waals surface area contributed by atoms with Crippen molar-refractivity contribution in [1.82, 2.24) is 0 Å². The quantitative estimate of drug-likeness (QED) is 0.0280. The van der Waals surface area contributed by atoms with E-state index >= 15 is 0 Å². The Morgan fingerprint density at radius 2 is 1.06 bits per heavy atom. The van der Waals surface area contributed by atoms with Crippen LogP contribution in [-0.2, 0) is 32.7 Å². The van der Waals surface area contributed by atoms with Crippen molar-refractivity contribution in [2.75, 3.05) is 26.4 Å². The van der Waals surface area contributed by atoms with Crippen LogP contribution >= 0.6 is 7.82 Å². The number of esters is 2. The molecule has 0 rings (SSSR count). The number of hydrogen-bond donors (Lipinski definition) is 2. The summed E-state index contributed by atoms with van der Waals surface area (Å²) in [6.07, 6.45) is 40.0. The molecule has 0 radical (unpaired) electrons. The van der Waals surface area contributed by atoms with E-state index in [1.807, 2.05) is 0 Å². The van der Waals surface area contributed by atoms with Crippen molar-refractivity contribution in [3.05, 3.63) is 48.6 Å². The van der Waals surface area contributed by atoms with Crippen molar-refractivity contribution in [3.8, 4) is 0 Å². The standard InChI is InChI=1S/C40H72NO8P/c1-3-5-7-9-11-13-15-17-19-21-22-24-26-28-30-32-39(42)46-36-38(37-48-50(44,45)47-35-34-41)49-40(43)33-31-29-27-25-23-20-18-16-14-12-10-8-6-4-2/h10,12,16-19,22,24,38H,3-9,11,13-15,20-21,23,25-37,41H2,1-2H3,(H,44,45)/b12-10+,18-16+,19-17+,24-22+/t38-/m1/s1. The van der Waals surface area contributed by atoms with Crippen LogP contribution in [0.15, 0.2) is 48.6 Å². The van der Waals surface area contributed by atoms with Crippen LogP contribution < -0.4 is 5.73 Å². The van der Waals surface area contributed by atoms with Gasteiger partial charge in [-0.05, 0) is 70.6 Å². The molecule has 0 saturated heterocycles. The Kier molecular flexibility index (Phi) is 35.3. The lowest BCUT2D eigenvalue weighted by Crippen LogP contribution is -2.29. The van der Waals surface area contributed by atoms with Crippen LogP contribution in [0.2, 0.25) is 0 Å². The number of ether oxygens (including phenoxy) is 2. The predicted molar refractivity (Wildman–Crippen MR) is 206 cm³/mol. The molecule has 0 aliphatic carbocycles. The Balaban J connectivity index is 4.30. The minimum atomic E-state index is -4.38. The molecule has 0 amide bonds. The van der Waals surface area contributed by atoms with E-state index in [2.05, 4.69) is 62.5 Å². The molecule has 2 atom stereocenters. The first-order valence-corrected chi connectivity index (χ1v) is 21.1. The second-order valence-corrected chi connectivity index (χ2v) is 14.2. The zero-order valence-electron chi connectivity index (χ0n) is 31.6. The van der Waals surface area contributed by atoms with Gasteiger partial charge < -0.3 is 20.1 Å². The number of unbranched alkanes of at least 4 members (excludes halogenated alkanes) is 15. The number of carbonyl (C=O) groups is 2. The van der Waals surface area contributed by atoms with Gasteiger partial charge in [0.15, 0.2) is 6.10 Å². The summed E-state index contributed by atoms with van der Waals surface area (Å²) in [6.45, 7) is 3.61. The molecule has 0 aromatic carbocycles. The molecule has 0 aliphatic heterocycles. The van der Waals surface area contributed by atoms with E-state index in [-0.39, 0.29) is 32.6 Å². The van der Waals surface area contributed by atoms with Gasteiger partial charge >= 0.3 is 19.8 Å². The highest BCUT2D eigenvalue weighted by atomic mass is 31.2. The topological polar surface area (TPSA) is 134 Å². The van der Waals surface area contributed by atoms with Gasteiger partial charge in [-0.15, -0.1) is 0 Å². The Morgan fingerprint density at radius 1 is 0.600 bits per heavy atom. The first-order valence-electron chi connectivity index (χ1n) is 19.6. The molecule has 0 bridgehead atoms. The predicted octanol–water partition coefficient (Wildman–Crippen LogP) is 10.8. The molecule has 0 spiro atoms. The lowest BCUT2D eigenvalue weighted by molar-refractivity contribution is -0.161. The van der Waals surface area contributed by atoms with E-state index in [1.54, 1.807) is 0 Å². The minimum Gasteiger partial charge on any atom is -0.462 e. The van der Waals surface area contributed by atoms with Crippen LogP contribution in [0.1, 0.15) is 162 Å². The highest BCUT2D eigenvalue weighted by Gasteiger charge is 2.25. The fraction of sp³-hybridized carbons (Fsp3) is 0.750. The third kappa shape index (κ3) is 35.8. The summed E-state index contributed by atoms with van der Waals surface area (Å²) in [5.41, 5.74) is 5.33. The van der Waals surface area contributed by atoms with E-state index < -0.39 is 32.5 Å². The molecule has 0 aromatic rings. The smallest absolute Gasteiger partial charge is 0.462 e. The summed E-state index contributed by atoms with van der Waals surface area (Å²) in [7, 11) is -4.38. The molecule has 1 unspecified atom stereocenters. The van der Waals surface area contributed by atoms with Crippen LogP contribution in [0.25, 0.3) is 0 Å². The van der Waals surface area contributed by atoms with Crippen LogP contribution in [0.5, 0.6) is 0 Å². The van der Waals surface area contributed by atoms with Crippen molar-refractivity contribution in [2.45, 2.75) is 168 Å². The number of phosphoric acid groups is 1. The monoisotopic (exact) mass is 725 g/mol. The first-order chi connectivity index (χ1) is 24.3. The molecule has 0 aromatic heterocycles. The van der Waals surface area contributed by atoms with Gasteiger partial charge in [0.1, 0.15) is 6.61 Å². The largest absolute Gasteiger partial charge is 0.472 e. The summed E-state index contributed by atoms with van der Waals surface area (Å²) in [4.78, 5) is 34.7. The second-order valence-electron chi connectivity index (χ2n) is 12.8. The van der Waals surface area contributed by atoms with E-state index in [4.69, 9.17) is 24.3 Å². The molecule has 9 nitrogen and oxygen atoms in total. The fourth-order valence-corrected chi connectivity index (χ4v) is 5.74. The molecule has 290 valence electrons. The van der Waals surface area contributed by atoms with Crippen LogP contribution in [0.4, 0.5) is 0 Å². The van der Waals surface area contributed by atoms with Gasteiger partial charge in [-0.3, -0.25) is 18.6 Å². The molecule has 10 heteroatoms. The number of carbonyl (C=O) groups excluding carboxylic acids is 2. The molecule has 0 aliphatic rings. The van der Waals surface area contributed by atoms with Gasteiger partial charge in [-0.1, -0.05) is 127 Å². The van der Waals surface area contributed by atoms with Gasteiger partial charge in [0, 0.05) is 19.4 Å². The molecule has 0 saturated carbocycles. The summed E-state index contributed by atoms with van der Waals surface area (Å²) in [5, 5.41) is 0. The highest BCUT2D eigenvalue weighted by molar-refractivity contribution is 7.47. The number of hydrogen-bond acceptors (Lipinski definition) is 8. The van der Waals surface area contributed by atoms with Gasteiger partial charge in [0.05, 0.1) is 13.2 Å². The average molecular weight is 726 g/mol. The molecule has 3 N–H and O–H groups in total. The SMILES string of the molecule is CCCC/C=C/C/C=C/CCCCCCCC(=O)O[C@H](COC(=O)CCCC/C=C/C/C=C/CCCCCCCC)COP(=O)(O)OCCN. The van der Waals surface area contributed by atoms with Crippen molar-refractivity contribution in [2.24, 2.45) is 5.73 Å². The average Bonchev–Trinajstić information content (AvgIpc) is 3.10. The second kappa shape index (κ2) is 36.8. The fourth-order valence-electron chi connectivity index (χ4n) is 4.97. The Bertz CT molecular complexity index is 965. The van der Waals surface area contributed by atoms with Crippen molar-refractivity contribution >= 4 is 19.8 Å². The number of phosphoric ester groups is 1. The highest BCUT2D eigenvalue weighted by Crippen LogP contribution is 2.43. The number of allylic oxidation sites excluding steroid dienone is 8.